The summed E-state index contributed by atoms with van der Waals surface area (Å²) in [7, 11) is 0. The van der Waals surface area contributed by atoms with Crippen molar-refractivity contribution in [3.05, 3.63) is 32.7 Å². The SMILES string of the molecule is Nc1ncc([C@H](O)[C@H](C[NH3+])OC(=O)c2cc(Br)c(Br)[nH]2)[nH]1. The lowest BCUT2D eigenvalue weighted by Gasteiger charge is -2.18. The Hall–Kier alpha value is -1.36. The molecule has 10 heteroatoms. The van der Waals surface area contributed by atoms with E-state index in [1.807, 2.05) is 0 Å². The van der Waals surface area contributed by atoms with Crippen LogP contribution in [0.3, 0.4) is 0 Å². The zero-order valence-corrected chi connectivity index (χ0v) is 13.9. The Morgan fingerprint density at radius 3 is 2.71 bits per heavy atom. The van der Waals surface area contributed by atoms with Gasteiger partial charge in [-0.25, -0.2) is 9.78 Å². The molecule has 2 aromatic rings. The lowest BCUT2D eigenvalue weighted by molar-refractivity contribution is -0.388. The number of aliphatic hydroxyl groups excluding tert-OH is 1. The molecule has 0 fully saturated rings. The molecule has 0 aromatic carbocycles. The van der Waals surface area contributed by atoms with E-state index in [0.717, 1.165) is 0 Å². The van der Waals surface area contributed by atoms with Crippen molar-refractivity contribution in [2.45, 2.75) is 12.2 Å². The number of hydrogen-bond acceptors (Lipinski definition) is 5. The molecular weight excluding hydrogens is 410 g/mol. The minimum Gasteiger partial charge on any atom is -0.448 e. The van der Waals surface area contributed by atoms with E-state index >= 15 is 0 Å². The van der Waals surface area contributed by atoms with Crippen molar-refractivity contribution in [2.24, 2.45) is 0 Å². The fraction of sp³-hybridized carbons (Fsp3) is 0.273. The van der Waals surface area contributed by atoms with E-state index in [9.17, 15) is 9.90 Å². The van der Waals surface area contributed by atoms with Crippen LogP contribution in [0.25, 0.3) is 0 Å². The average Bonchev–Trinajstić information content (AvgIpc) is 3.02. The predicted octanol–water partition coefficient (Wildman–Crippen LogP) is 0.346. The first-order valence-electron chi connectivity index (χ1n) is 5.95. The number of aliphatic hydroxyl groups is 1. The third-order valence-electron chi connectivity index (χ3n) is 2.77. The van der Waals surface area contributed by atoms with E-state index in [4.69, 9.17) is 10.5 Å². The van der Waals surface area contributed by atoms with Gasteiger partial charge in [0.15, 0.2) is 12.1 Å². The Morgan fingerprint density at radius 2 is 2.24 bits per heavy atom. The molecule has 0 amide bonds. The highest BCUT2D eigenvalue weighted by Crippen LogP contribution is 2.24. The molecule has 0 spiro atoms. The second-order valence-electron chi connectivity index (χ2n) is 4.25. The number of halogens is 2. The van der Waals surface area contributed by atoms with E-state index in [1.54, 1.807) is 6.07 Å². The summed E-state index contributed by atoms with van der Waals surface area (Å²) in [6.07, 6.45) is -0.519. The zero-order chi connectivity index (χ0) is 15.6. The standard InChI is InChI=1S/C11H13Br2N5O3/c12-4-1-5(17-9(4)13)10(20)21-7(2-14)8(19)6-3-16-11(15)18-6/h1,3,7-8,17,19H,2,14H2,(H3,15,16,18)/p+1/t7-,8-/m0/s1. The number of H-pyrrole nitrogens is 2. The van der Waals surface area contributed by atoms with Crippen LogP contribution in [0.4, 0.5) is 5.95 Å². The van der Waals surface area contributed by atoms with Gasteiger partial charge in [-0.3, -0.25) is 0 Å². The molecule has 0 unspecified atom stereocenters. The Labute approximate surface area is 136 Å². The number of esters is 1. The Balaban J connectivity index is 2.09. The molecule has 0 aliphatic carbocycles. The summed E-state index contributed by atoms with van der Waals surface area (Å²) < 4.78 is 6.59. The molecule has 2 heterocycles. The smallest absolute Gasteiger partial charge is 0.355 e. The lowest BCUT2D eigenvalue weighted by atomic mass is 10.1. The maximum absolute atomic E-state index is 12.0. The highest BCUT2D eigenvalue weighted by molar-refractivity contribution is 9.13. The second kappa shape index (κ2) is 6.60. The first-order valence-corrected chi connectivity index (χ1v) is 7.53. The van der Waals surface area contributed by atoms with Crippen molar-refractivity contribution in [1.82, 2.24) is 15.0 Å². The number of nitrogens with two attached hydrogens (primary N) is 1. The number of carbonyl (C=O) groups excluding carboxylic acids is 1. The number of aromatic amines is 2. The number of rotatable bonds is 5. The Bertz CT molecular complexity index is 622. The monoisotopic (exact) mass is 422 g/mol. The van der Waals surface area contributed by atoms with Crippen LogP contribution in [0.5, 0.6) is 0 Å². The van der Waals surface area contributed by atoms with E-state index in [-0.39, 0.29) is 18.2 Å². The number of nitrogen functional groups attached to an aromatic ring is 1. The second-order valence-corrected chi connectivity index (χ2v) is 5.89. The first kappa shape index (κ1) is 16.0. The van der Waals surface area contributed by atoms with Crippen LogP contribution in [0.1, 0.15) is 22.3 Å². The van der Waals surface area contributed by atoms with Crippen LogP contribution in [0, 0.1) is 0 Å². The molecule has 8 nitrogen and oxygen atoms in total. The van der Waals surface area contributed by atoms with Crippen LogP contribution in [0.15, 0.2) is 21.3 Å². The largest absolute Gasteiger partial charge is 0.448 e. The first-order chi connectivity index (χ1) is 9.92. The van der Waals surface area contributed by atoms with Crippen LogP contribution < -0.4 is 11.5 Å². The maximum atomic E-state index is 12.0. The van der Waals surface area contributed by atoms with E-state index in [0.29, 0.717) is 14.8 Å². The number of aromatic nitrogens is 3. The predicted molar refractivity (Wildman–Crippen MR) is 81.1 cm³/mol. The number of hydrogen-bond donors (Lipinski definition) is 5. The third-order valence-corrected chi connectivity index (χ3v) is 4.56. The fourth-order valence-electron chi connectivity index (χ4n) is 1.70. The normalized spacial score (nSPS) is 13.9. The number of nitrogens with one attached hydrogen (secondary N) is 2. The lowest BCUT2D eigenvalue weighted by Crippen LogP contribution is -2.58. The highest BCUT2D eigenvalue weighted by Gasteiger charge is 2.28. The molecule has 0 aliphatic heterocycles. The van der Waals surface area contributed by atoms with Gasteiger partial charge in [0, 0.05) is 0 Å². The minimum atomic E-state index is -1.09. The summed E-state index contributed by atoms with van der Waals surface area (Å²) in [5, 5.41) is 10.2. The number of carbonyl (C=O) groups is 1. The molecule has 2 aromatic heterocycles. The Kier molecular flexibility index (Phi) is 5.04. The van der Waals surface area contributed by atoms with Gasteiger partial charge in [0.2, 0.25) is 0 Å². The van der Waals surface area contributed by atoms with Gasteiger partial charge in [-0.2, -0.15) is 0 Å². The van der Waals surface area contributed by atoms with Crippen LogP contribution in [-0.2, 0) is 4.74 Å². The molecular formula is C11H14Br2N5O3+. The van der Waals surface area contributed by atoms with Crippen molar-refractivity contribution >= 4 is 43.8 Å². The van der Waals surface area contributed by atoms with Crippen LogP contribution in [0.2, 0.25) is 0 Å². The molecule has 0 bridgehead atoms. The molecule has 2 atom stereocenters. The zero-order valence-electron chi connectivity index (χ0n) is 10.8. The highest BCUT2D eigenvalue weighted by atomic mass is 79.9. The quantitative estimate of drug-likeness (QED) is 0.440. The fourth-order valence-corrected chi connectivity index (χ4v) is 2.35. The number of imidazole rings is 1. The van der Waals surface area contributed by atoms with Gasteiger partial charge in [-0.05, 0) is 37.9 Å². The van der Waals surface area contributed by atoms with Crippen molar-refractivity contribution < 1.29 is 20.4 Å². The van der Waals surface area contributed by atoms with Gasteiger partial charge < -0.3 is 31.3 Å². The van der Waals surface area contributed by atoms with E-state index < -0.39 is 18.2 Å². The topological polar surface area (TPSA) is 145 Å². The average molecular weight is 424 g/mol. The van der Waals surface area contributed by atoms with Gasteiger partial charge in [0.1, 0.15) is 18.3 Å². The molecule has 114 valence electrons. The van der Waals surface area contributed by atoms with Crippen molar-refractivity contribution in [2.75, 3.05) is 12.3 Å². The van der Waals surface area contributed by atoms with Crippen molar-refractivity contribution in [1.29, 1.82) is 0 Å². The molecule has 0 saturated heterocycles. The summed E-state index contributed by atoms with van der Waals surface area (Å²) in [5.74, 6) is -0.419. The molecule has 0 radical (unpaired) electrons. The third kappa shape index (κ3) is 3.64. The summed E-state index contributed by atoms with van der Waals surface area (Å²) >= 11 is 6.50. The van der Waals surface area contributed by atoms with Gasteiger partial charge in [0.25, 0.3) is 0 Å². The van der Waals surface area contributed by atoms with Crippen LogP contribution in [-0.4, -0.2) is 38.7 Å². The molecule has 0 aliphatic rings. The van der Waals surface area contributed by atoms with Gasteiger partial charge in [-0.1, -0.05) is 0 Å². The number of anilines is 1. The van der Waals surface area contributed by atoms with Crippen LogP contribution >= 0.6 is 31.9 Å². The van der Waals surface area contributed by atoms with E-state index in [1.165, 1.54) is 6.20 Å². The van der Waals surface area contributed by atoms with Gasteiger partial charge >= 0.3 is 5.97 Å². The minimum absolute atomic E-state index is 0.176. The number of nitrogens with zero attached hydrogens (tertiary/aromatic N) is 1. The van der Waals surface area contributed by atoms with Gasteiger partial charge in [-0.15, -0.1) is 0 Å². The summed E-state index contributed by atoms with van der Waals surface area (Å²) in [6, 6.07) is 1.58. The molecule has 2 rings (SSSR count). The summed E-state index contributed by atoms with van der Waals surface area (Å²) in [6.45, 7) is 0.189. The Morgan fingerprint density at radius 1 is 1.52 bits per heavy atom. The van der Waals surface area contributed by atoms with Crippen molar-refractivity contribution in [3.63, 3.8) is 0 Å². The molecule has 0 saturated carbocycles. The summed E-state index contributed by atoms with van der Waals surface area (Å²) in [5.41, 5.74) is 9.75. The summed E-state index contributed by atoms with van der Waals surface area (Å²) in [4.78, 5) is 21.3. The number of quaternary nitrogens is 1. The molecule has 8 N–H and O–H groups in total. The van der Waals surface area contributed by atoms with Crippen molar-refractivity contribution in [3.8, 4) is 0 Å². The molecule has 21 heavy (non-hydrogen) atoms. The maximum Gasteiger partial charge on any atom is 0.355 e. The van der Waals surface area contributed by atoms with E-state index in [2.05, 4.69) is 52.5 Å². The van der Waals surface area contributed by atoms with Gasteiger partial charge in [0.05, 0.1) is 21.0 Å². The number of ether oxygens (including phenoxy) is 1.